The molecule has 0 radical (unpaired) electrons. The number of imidazole rings is 1. The summed E-state index contributed by atoms with van der Waals surface area (Å²) < 4.78 is 7.81. The second-order valence-electron chi connectivity index (χ2n) is 4.71. The van der Waals surface area contributed by atoms with Crippen LogP contribution in [0.15, 0.2) is 36.8 Å². The van der Waals surface area contributed by atoms with Crippen molar-refractivity contribution in [3.63, 3.8) is 0 Å². The second-order valence-corrected chi connectivity index (χ2v) is 4.71. The highest BCUT2D eigenvalue weighted by Crippen LogP contribution is 2.19. The van der Waals surface area contributed by atoms with Crippen LogP contribution in [0.1, 0.15) is 26.0 Å². The minimum Gasteiger partial charge on any atom is -0.491 e. The van der Waals surface area contributed by atoms with Gasteiger partial charge in [-0.1, -0.05) is 13.0 Å². The Kier molecular flexibility index (Phi) is 4.44. The van der Waals surface area contributed by atoms with Gasteiger partial charge in [-0.25, -0.2) is 4.98 Å². The van der Waals surface area contributed by atoms with E-state index in [9.17, 15) is 0 Å². The molecule has 4 nitrogen and oxygen atoms in total. The molecule has 0 saturated carbocycles. The smallest absolute Gasteiger partial charge is 0.121 e. The lowest BCUT2D eigenvalue weighted by molar-refractivity contribution is 0.217. The maximum atomic E-state index is 5.81. The first-order valence-corrected chi connectivity index (χ1v) is 6.65. The van der Waals surface area contributed by atoms with Gasteiger partial charge in [0.05, 0.1) is 24.7 Å². The fourth-order valence-corrected chi connectivity index (χ4v) is 1.74. The summed E-state index contributed by atoms with van der Waals surface area (Å²) in [6.07, 6.45) is 4.92. The average Bonchev–Trinajstić information content (AvgIpc) is 2.82. The number of hydrogen-bond acceptors (Lipinski definition) is 3. The van der Waals surface area contributed by atoms with Gasteiger partial charge < -0.3 is 14.6 Å². The van der Waals surface area contributed by atoms with Crippen molar-refractivity contribution in [2.24, 2.45) is 7.05 Å². The van der Waals surface area contributed by atoms with E-state index in [0.29, 0.717) is 0 Å². The Labute approximate surface area is 114 Å². The van der Waals surface area contributed by atoms with Crippen LogP contribution in [-0.4, -0.2) is 15.7 Å². The number of anilines is 1. The van der Waals surface area contributed by atoms with E-state index in [2.05, 4.69) is 24.1 Å². The summed E-state index contributed by atoms with van der Waals surface area (Å²) >= 11 is 0. The Morgan fingerprint density at radius 2 is 2.26 bits per heavy atom. The van der Waals surface area contributed by atoms with Gasteiger partial charge in [0.1, 0.15) is 5.75 Å². The number of aryl methyl sites for hydroxylation is 1. The lowest BCUT2D eigenvalue weighted by Crippen LogP contribution is -2.10. The molecule has 1 unspecified atom stereocenters. The average molecular weight is 259 g/mol. The standard InChI is InChI=1S/C15H21N3O/c1-4-12(2)19-15-7-5-6-13(8-15)17-10-14-9-16-11-18(14)3/h5-9,11-12,17H,4,10H2,1-3H3. The van der Waals surface area contributed by atoms with Crippen LogP contribution in [-0.2, 0) is 13.6 Å². The molecule has 0 aliphatic carbocycles. The van der Waals surface area contributed by atoms with Crippen molar-refractivity contribution in [1.29, 1.82) is 0 Å². The van der Waals surface area contributed by atoms with E-state index in [1.54, 1.807) is 6.33 Å². The zero-order valence-electron chi connectivity index (χ0n) is 11.8. The molecular weight excluding hydrogens is 238 g/mol. The maximum Gasteiger partial charge on any atom is 0.121 e. The van der Waals surface area contributed by atoms with E-state index in [4.69, 9.17) is 4.74 Å². The Morgan fingerprint density at radius 3 is 2.95 bits per heavy atom. The summed E-state index contributed by atoms with van der Waals surface area (Å²) in [5, 5.41) is 3.38. The number of benzene rings is 1. The number of hydrogen-bond donors (Lipinski definition) is 1. The lowest BCUT2D eigenvalue weighted by Gasteiger charge is -2.14. The van der Waals surface area contributed by atoms with Crippen molar-refractivity contribution in [3.8, 4) is 5.75 Å². The number of aromatic nitrogens is 2. The molecule has 0 spiro atoms. The van der Waals surface area contributed by atoms with E-state index in [0.717, 1.165) is 30.1 Å². The molecule has 4 heteroatoms. The minimum absolute atomic E-state index is 0.243. The Morgan fingerprint density at radius 1 is 1.42 bits per heavy atom. The third kappa shape index (κ3) is 3.74. The van der Waals surface area contributed by atoms with Gasteiger partial charge in [-0.3, -0.25) is 0 Å². The van der Waals surface area contributed by atoms with Gasteiger partial charge in [-0.15, -0.1) is 0 Å². The summed E-state index contributed by atoms with van der Waals surface area (Å²) in [5.41, 5.74) is 2.20. The van der Waals surface area contributed by atoms with Crippen molar-refractivity contribution in [1.82, 2.24) is 9.55 Å². The Balaban J connectivity index is 1.97. The summed E-state index contributed by atoms with van der Waals surface area (Å²) in [4.78, 5) is 4.10. The van der Waals surface area contributed by atoms with Crippen LogP contribution in [0.3, 0.4) is 0 Å². The molecule has 0 amide bonds. The van der Waals surface area contributed by atoms with Crippen LogP contribution in [0, 0.1) is 0 Å². The highest BCUT2D eigenvalue weighted by atomic mass is 16.5. The SMILES string of the molecule is CCC(C)Oc1cccc(NCc2cncn2C)c1. The minimum atomic E-state index is 0.243. The fourth-order valence-electron chi connectivity index (χ4n) is 1.74. The summed E-state index contributed by atoms with van der Waals surface area (Å²) in [5.74, 6) is 0.907. The molecule has 2 aromatic rings. The van der Waals surface area contributed by atoms with Crippen LogP contribution in [0.2, 0.25) is 0 Å². The molecule has 0 bridgehead atoms. The van der Waals surface area contributed by atoms with Crippen LogP contribution in [0.25, 0.3) is 0 Å². The number of nitrogens with zero attached hydrogens (tertiary/aromatic N) is 2. The van der Waals surface area contributed by atoms with Gasteiger partial charge in [0.2, 0.25) is 0 Å². The largest absolute Gasteiger partial charge is 0.491 e. The van der Waals surface area contributed by atoms with E-state index in [1.807, 2.05) is 42.1 Å². The zero-order chi connectivity index (χ0) is 13.7. The monoisotopic (exact) mass is 259 g/mol. The van der Waals surface area contributed by atoms with Crippen LogP contribution in [0.5, 0.6) is 5.75 Å². The van der Waals surface area contributed by atoms with Gasteiger partial charge in [0, 0.05) is 25.0 Å². The number of rotatable bonds is 6. The van der Waals surface area contributed by atoms with Crippen molar-refractivity contribution < 1.29 is 4.74 Å². The topological polar surface area (TPSA) is 39.1 Å². The summed E-state index contributed by atoms with van der Waals surface area (Å²) in [6, 6.07) is 8.06. The molecule has 0 saturated heterocycles. The van der Waals surface area contributed by atoms with Gasteiger partial charge in [0.25, 0.3) is 0 Å². The Bertz CT molecular complexity index is 522. The molecular formula is C15H21N3O. The van der Waals surface area contributed by atoms with Crippen LogP contribution < -0.4 is 10.1 Å². The van der Waals surface area contributed by atoms with Gasteiger partial charge in [-0.2, -0.15) is 0 Å². The molecule has 1 N–H and O–H groups in total. The van der Waals surface area contributed by atoms with E-state index < -0.39 is 0 Å². The molecule has 0 fully saturated rings. The van der Waals surface area contributed by atoms with Crippen molar-refractivity contribution >= 4 is 5.69 Å². The van der Waals surface area contributed by atoms with Gasteiger partial charge in [0.15, 0.2) is 0 Å². The molecule has 1 aromatic carbocycles. The molecule has 2 rings (SSSR count). The van der Waals surface area contributed by atoms with E-state index >= 15 is 0 Å². The molecule has 1 atom stereocenters. The summed E-state index contributed by atoms with van der Waals surface area (Å²) in [6.45, 7) is 4.95. The van der Waals surface area contributed by atoms with Crippen molar-refractivity contribution in [2.75, 3.05) is 5.32 Å². The molecule has 19 heavy (non-hydrogen) atoms. The van der Waals surface area contributed by atoms with Gasteiger partial charge >= 0.3 is 0 Å². The Hall–Kier alpha value is -1.97. The highest BCUT2D eigenvalue weighted by molar-refractivity contribution is 5.48. The van der Waals surface area contributed by atoms with Gasteiger partial charge in [-0.05, 0) is 25.5 Å². The normalized spacial score (nSPS) is 12.2. The molecule has 0 aliphatic rings. The van der Waals surface area contributed by atoms with Crippen LogP contribution >= 0.6 is 0 Å². The first-order chi connectivity index (χ1) is 9.19. The third-order valence-corrected chi connectivity index (χ3v) is 3.14. The quantitative estimate of drug-likeness (QED) is 0.865. The number of ether oxygens (including phenoxy) is 1. The van der Waals surface area contributed by atoms with Crippen LogP contribution in [0.4, 0.5) is 5.69 Å². The van der Waals surface area contributed by atoms with E-state index in [1.165, 1.54) is 0 Å². The molecule has 102 valence electrons. The second kappa shape index (κ2) is 6.27. The molecule has 0 aliphatic heterocycles. The maximum absolute atomic E-state index is 5.81. The zero-order valence-corrected chi connectivity index (χ0v) is 11.8. The summed E-state index contributed by atoms with van der Waals surface area (Å²) in [7, 11) is 1.99. The highest BCUT2D eigenvalue weighted by Gasteiger charge is 2.03. The van der Waals surface area contributed by atoms with Crippen molar-refractivity contribution in [3.05, 3.63) is 42.5 Å². The molecule has 1 heterocycles. The van der Waals surface area contributed by atoms with Crippen molar-refractivity contribution in [2.45, 2.75) is 32.9 Å². The fraction of sp³-hybridized carbons (Fsp3) is 0.400. The predicted molar refractivity (Wildman–Crippen MR) is 77.4 cm³/mol. The number of nitrogens with one attached hydrogen (secondary N) is 1. The molecule has 1 aromatic heterocycles. The van der Waals surface area contributed by atoms with E-state index in [-0.39, 0.29) is 6.10 Å². The first kappa shape index (κ1) is 13.5. The first-order valence-electron chi connectivity index (χ1n) is 6.65. The third-order valence-electron chi connectivity index (χ3n) is 3.14. The lowest BCUT2D eigenvalue weighted by atomic mass is 10.2. The predicted octanol–water partition coefficient (Wildman–Crippen LogP) is 3.21.